The lowest BCUT2D eigenvalue weighted by atomic mass is 9.96. The number of nitriles is 1. The average molecular weight is 528 g/mol. The topological polar surface area (TPSA) is 154 Å². The smallest absolute Gasteiger partial charge is 0.292 e. The number of nitrogens with two attached hydrogens (primary N) is 1. The Labute approximate surface area is 224 Å². The molecule has 0 bridgehead atoms. The Morgan fingerprint density at radius 1 is 1.10 bits per heavy atom. The van der Waals surface area contributed by atoms with Gasteiger partial charge in [-0.15, -0.1) is 0 Å². The molecular formula is C29H26FN5O4. The van der Waals surface area contributed by atoms with E-state index in [1.807, 2.05) is 13.8 Å². The molecule has 2 aromatic heterocycles. The fraction of sp³-hybridized carbons (Fsp3) is 0.172. The van der Waals surface area contributed by atoms with Gasteiger partial charge in [-0.2, -0.15) is 5.26 Å². The molecule has 0 saturated heterocycles. The van der Waals surface area contributed by atoms with Gasteiger partial charge in [-0.05, 0) is 68.3 Å². The lowest BCUT2D eigenvalue weighted by Gasteiger charge is -2.18. The number of hydrogen-bond acceptors (Lipinski definition) is 7. The third-order valence-corrected chi connectivity index (χ3v) is 5.83. The molecule has 9 nitrogen and oxygen atoms in total. The van der Waals surface area contributed by atoms with E-state index < -0.39 is 17.3 Å². The van der Waals surface area contributed by atoms with Gasteiger partial charge < -0.3 is 25.9 Å². The fourth-order valence-corrected chi connectivity index (χ4v) is 3.84. The van der Waals surface area contributed by atoms with E-state index in [0.29, 0.717) is 29.7 Å². The van der Waals surface area contributed by atoms with Gasteiger partial charge in [-0.3, -0.25) is 9.59 Å². The van der Waals surface area contributed by atoms with Crippen molar-refractivity contribution in [1.82, 2.24) is 10.3 Å². The van der Waals surface area contributed by atoms with Crippen LogP contribution in [0.4, 0.5) is 10.2 Å². The molecular weight excluding hydrogens is 501 g/mol. The second-order valence-electron chi connectivity index (χ2n) is 9.56. The molecule has 0 aliphatic carbocycles. The zero-order chi connectivity index (χ0) is 28.2. The number of phenols is 1. The second-order valence-corrected chi connectivity index (χ2v) is 9.56. The van der Waals surface area contributed by atoms with Crippen molar-refractivity contribution < 1.29 is 23.5 Å². The van der Waals surface area contributed by atoms with Crippen molar-refractivity contribution in [2.45, 2.75) is 25.8 Å². The van der Waals surface area contributed by atoms with Crippen molar-refractivity contribution in [1.29, 1.82) is 5.26 Å². The minimum atomic E-state index is -0.647. The molecule has 4 aromatic rings. The van der Waals surface area contributed by atoms with Crippen LogP contribution in [0.15, 0.2) is 71.3 Å². The SMILES string of the molecule is CC(C)(N)CCNC(=O)c1cccc(-c2cc(-c3ccc(F)cc3O)nc(NC(=O)c3ccco3)c2C#N)c1. The highest BCUT2D eigenvalue weighted by molar-refractivity contribution is 6.03. The number of carbonyl (C=O) groups excluding carboxylic acids is 2. The molecule has 5 N–H and O–H groups in total. The molecule has 2 amide bonds. The summed E-state index contributed by atoms with van der Waals surface area (Å²) in [6.07, 6.45) is 1.90. The molecule has 0 fully saturated rings. The monoisotopic (exact) mass is 527 g/mol. The van der Waals surface area contributed by atoms with Gasteiger partial charge in [0.25, 0.3) is 11.8 Å². The van der Waals surface area contributed by atoms with E-state index in [-0.39, 0.29) is 40.1 Å². The van der Waals surface area contributed by atoms with Crippen LogP contribution in [0.3, 0.4) is 0 Å². The molecule has 2 aromatic carbocycles. The summed E-state index contributed by atoms with van der Waals surface area (Å²) in [6.45, 7) is 4.11. The van der Waals surface area contributed by atoms with Crippen LogP contribution in [0, 0.1) is 17.1 Å². The number of halogens is 1. The van der Waals surface area contributed by atoms with E-state index in [0.717, 1.165) is 12.1 Å². The third-order valence-electron chi connectivity index (χ3n) is 5.83. The predicted octanol–water partition coefficient (Wildman–Crippen LogP) is 4.83. The number of furan rings is 1. The maximum absolute atomic E-state index is 13.7. The van der Waals surface area contributed by atoms with Gasteiger partial charge in [0.2, 0.25) is 0 Å². The first kappa shape index (κ1) is 27.0. The molecule has 4 rings (SSSR count). The van der Waals surface area contributed by atoms with Crippen molar-refractivity contribution >= 4 is 17.6 Å². The predicted molar refractivity (Wildman–Crippen MR) is 143 cm³/mol. The van der Waals surface area contributed by atoms with Crippen LogP contribution in [0.1, 0.15) is 46.7 Å². The number of benzene rings is 2. The average Bonchev–Trinajstić information content (AvgIpc) is 3.43. The summed E-state index contributed by atoms with van der Waals surface area (Å²) >= 11 is 0. The van der Waals surface area contributed by atoms with E-state index in [1.54, 1.807) is 24.3 Å². The Balaban J connectivity index is 1.80. The van der Waals surface area contributed by atoms with Crippen molar-refractivity contribution in [3.8, 4) is 34.2 Å². The first-order valence-electron chi connectivity index (χ1n) is 12.0. The summed E-state index contributed by atoms with van der Waals surface area (Å²) in [4.78, 5) is 30.0. The Hall–Kier alpha value is -5.01. The number of hydrogen-bond donors (Lipinski definition) is 4. The van der Waals surface area contributed by atoms with Crippen LogP contribution in [0.5, 0.6) is 5.75 Å². The Morgan fingerprint density at radius 2 is 1.90 bits per heavy atom. The highest BCUT2D eigenvalue weighted by Gasteiger charge is 2.21. The molecule has 0 aliphatic heterocycles. The molecule has 0 radical (unpaired) electrons. The van der Waals surface area contributed by atoms with E-state index in [9.17, 15) is 24.3 Å². The van der Waals surface area contributed by atoms with Crippen LogP contribution >= 0.6 is 0 Å². The lowest BCUT2D eigenvalue weighted by Crippen LogP contribution is -2.37. The molecule has 39 heavy (non-hydrogen) atoms. The number of rotatable bonds is 8. The van der Waals surface area contributed by atoms with Gasteiger partial charge in [0.05, 0.1) is 12.0 Å². The number of anilines is 1. The maximum atomic E-state index is 13.7. The third kappa shape index (κ3) is 6.47. The van der Waals surface area contributed by atoms with Crippen molar-refractivity contribution in [3.63, 3.8) is 0 Å². The van der Waals surface area contributed by atoms with Crippen LogP contribution in [0.25, 0.3) is 22.4 Å². The summed E-state index contributed by atoms with van der Waals surface area (Å²) in [5.74, 6) is -2.10. The van der Waals surface area contributed by atoms with Crippen LogP contribution < -0.4 is 16.4 Å². The zero-order valence-electron chi connectivity index (χ0n) is 21.3. The van der Waals surface area contributed by atoms with Gasteiger partial charge in [0.1, 0.15) is 23.2 Å². The molecule has 0 saturated carbocycles. The summed E-state index contributed by atoms with van der Waals surface area (Å²) < 4.78 is 18.8. The summed E-state index contributed by atoms with van der Waals surface area (Å²) in [5.41, 5.74) is 7.07. The maximum Gasteiger partial charge on any atom is 0.292 e. The first-order valence-corrected chi connectivity index (χ1v) is 12.0. The number of nitrogens with zero attached hydrogens (tertiary/aromatic N) is 2. The number of aromatic nitrogens is 1. The standard InChI is InChI=1S/C29H26FN5O4/c1-29(2,32)10-11-33-27(37)18-6-3-5-17(13-18)21-15-23(20-9-8-19(30)14-24(20)36)34-26(22(21)16-31)35-28(38)25-7-4-12-39-25/h3-9,12-15,36H,10-11,32H2,1-2H3,(H,33,37)(H,34,35,38). The number of aromatic hydroxyl groups is 1. The quantitative estimate of drug-likeness (QED) is 0.256. The number of amides is 2. The Kier molecular flexibility index (Phi) is 7.74. The summed E-state index contributed by atoms with van der Waals surface area (Å²) in [5, 5.41) is 25.9. The van der Waals surface area contributed by atoms with Gasteiger partial charge in [-0.25, -0.2) is 9.37 Å². The molecule has 10 heteroatoms. The fourth-order valence-electron chi connectivity index (χ4n) is 3.84. The van der Waals surface area contributed by atoms with E-state index in [1.165, 1.54) is 30.5 Å². The Bertz CT molecular complexity index is 1570. The van der Waals surface area contributed by atoms with E-state index in [2.05, 4.69) is 21.7 Å². The first-order chi connectivity index (χ1) is 18.6. The van der Waals surface area contributed by atoms with Crippen LogP contribution in [-0.4, -0.2) is 34.0 Å². The van der Waals surface area contributed by atoms with Crippen molar-refractivity contribution in [2.75, 3.05) is 11.9 Å². The number of nitrogens with one attached hydrogen (secondary N) is 2. The molecule has 0 spiro atoms. The highest BCUT2D eigenvalue weighted by atomic mass is 19.1. The zero-order valence-corrected chi connectivity index (χ0v) is 21.3. The number of carbonyl (C=O) groups is 2. The normalized spacial score (nSPS) is 11.1. The van der Waals surface area contributed by atoms with Crippen LogP contribution in [-0.2, 0) is 0 Å². The van der Waals surface area contributed by atoms with Crippen molar-refractivity contribution in [3.05, 3.63) is 89.6 Å². The molecule has 0 atom stereocenters. The van der Waals surface area contributed by atoms with Crippen LogP contribution in [0.2, 0.25) is 0 Å². The number of pyridine rings is 1. The molecule has 198 valence electrons. The molecule has 0 unspecified atom stereocenters. The van der Waals surface area contributed by atoms with Gasteiger partial charge >= 0.3 is 0 Å². The van der Waals surface area contributed by atoms with E-state index in [4.69, 9.17) is 10.2 Å². The van der Waals surface area contributed by atoms with Gasteiger partial charge in [0, 0.05) is 34.8 Å². The van der Waals surface area contributed by atoms with E-state index >= 15 is 0 Å². The summed E-state index contributed by atoms with van der Waals surface area (Å²) in [6, 6.07) is 16.6. The van der Waals surface area contributed by atoms with Crippen molar-refractivity contribution in [2.24, 2.45) is 5.73 Å². The summed E-state index contributed by atoms with van der Waals surface area (Å²) in [7, 11) is 0. The second kappa shape index (κ2) is 11.2. The van der Waals surface area contributed by atoms with Gasteiger partial charge in [-0.1, -0.05) is 12.1 Å². The minimum absolute atomic E-state index is 0.00315. The highest BCUT2D eigenvalue weighted by Crippen LogP contribution is 2.36. The lowest BCUT2D eigenvalue weighted by molar-refractivity contribution is 0.0950. The molecule has 2 heterocycles. The molecule has 0 aliphatic rings. The number of phenolic OH excluding ortho intramolecular Hbond substituents is 1. The minimum Gasteiger partial charge on any atom is -0.507 e. The van der Waals surface area contributed by atoms with Gasteiger partial charge in [0.15, 0.2) is 11.6 Å². The largest absolute Gasteiger partial charge is 0.507 e. The Morgan fingerprint density at radius 3 is 2.56 bits per heavy atom.